The first-order valence-corrected chi connectivity index (χ1v) is 12.1. The van der Waals surface area contributed by atoms with Crippen LogP contribution in [0.15, 0.2) is 109 Å². The number of aromatic nitrogens is 4. The van der Waals surface area contributed by atoms with E-state index in [1.165, 1.54) is 43.7 Å². The first-order chi connectivity index (χ1) is 17.7. The number of para-hydroxylation sites is 4. The van der Waals surface area contributed by atoms with Crippen LogP contribution in [-0.2, 0) is 14.1 Å². The topological polar surface area (TPSA) is 35.6 Å². The van der Waals surface area contributed by atoms with Gasteiger partial charge in [0.25, 0.3) is 0 Å². The normalized spacial score (nSPS) is 11.6. The third-order valence-corrected chi connectivity index (χ3v) is 7.15. The predicted molar refractivity (Wildman–Crippen MR) is 150 cm³/mol. The molecule has 4 aromatic carbocycles. The third-order valence-electron chi connectivity index (χ3n) is 7.15. The zero-order chi connectivity index (χ0) is 24.2. The molecule has 0 atom stereocenters. The number of rotatable bonds is 0. The first kappa shape index (κ1) is 20.7. The molecule has 0 unspecified atom stereocenters. The van der Waals surface area contributed by atoms with Gasteiger partial charge in [-0.15, -0.1) is 0 Å². The van der Waals surface area contributed by atoms with Crippen LogP contribution in [0.25, 0.3) is 66.4 Å². The summed E-state index contributed by atoms with van der Waals surface area (Å²) >= 11 is 0. The van der Waals surface area contributed by atoms with Crippen LogP contribution in [0, 0.1) is 0 Å². The molecule has 0 radical (unpaired) electrons. The van der Waals surface area contributed by atoms with Gasteiger partial charge in [0.1, 0.15) is 11.6 Å². The minimum absolute atomic E-state index is 1.05. The summed E-state index contributed by atoms with van der Waals surface area (Å²) in [5, 5.41) is 4.97. The average molecular weight is 465 g/mol. The number of nitrogens with zero attached hydrogens (tertiary/aromatic N) is 4. The van der Waals surface area contributed by atoms with E-state index in [0.717, 1.165) is 22.7 Å². The van der Waals surface area contributed by atoms with Crippen LogP contribution in [0.4, 0.5) is 0 Å². The summed E-state index contributed by atoms with van der Waals surface area (Å²) in [6.07, 6.45) is 0. The van der Waals surface area contributed by atoms with E-state index in [-0.39, 0.29) is 0 Å². The van der Waals surface area contributed by atoms with Crippen molar-refractivity contribution in [2.24, 2.45) is 14.1 Å². The maximum Gasteiger partial charge on any atom is 0.141 e. The van der Waals surface area contributed by atoms with E-state index < -0.39 is 0 Å². The summed E-state index contributed by atoms with van der Waals surface area (Å²) in [6.45, 7) is 0. The lowest BCUT2D eigenvalue weighted by molar-refractivity contribution is 0.939. The van der Waals surface area contributed by atoms with Gasteiger partial charge in [-0.3, -0.25) is 0 Å². The minimum atomic E-state index is 1.05. The van der Waals surface area contributed by atoms with E-state index in [2.05, 4.69) is 120 Å². The van der Waals surface area contributed by atoms with E-state index in [9.17, 15) is 0 Å². The fraction of sp³-hybridized carbons (Fsp3) is 0.0625. The molecule has 0 bridgehead atoms. The molecule has 172 valence electrons. The maximum absolute atomic E-state index is 4.73. The van der Waals surface area contributed by atoms with Gasteiger partial charge in [0.05, 0.1) is 11.0 Å². The lowest BCUT2D eigenvalue weighted by Crippen LogP contribution is -1.98. The van der Waals surface area contributed by atoms with Gasteiger partial charge >= 0.3 is 0 Å². The van der Waals surface area contributed by atoms with Crippen LogP contribution in [0.1, 0.15) is 0 Å². The zero-order valence-electron chi connectivity index (χ0n) is 20.2. The first-order valence-electron chi connectivity index (χ1n) is 12.1. The van der Waals surface area contributed by atoms with Crippen molar-refractivity contribution in [1.29, 1.82) is 0 Å². The molecule has 0 amide bonds. The highest BCUT2D eigenvalue weighted by atomic mass is 15.0. The third kappa shape index (κ3) is 3.08. The fourth-order valence-electron chi connectivity index (χ4n) is 5.35. The van der Waals surface area contributed by atoms with Gasteiger partial charge < -0.3 is 9.13 Å². The van der Waals surface area contributed by atoms with Crippen LogP contribution in [0.3, 0.4) is 0 Å². The second-order valence-electron chi connectivity index (χ2n) is 9.26. The Kier molecular flexibility index (Phi) is 4.55. The summed E-state index contributed by atoms with van der Waals surface area (Å²) in [7, 11) is 4.16. The number of aryl methyl sites for hydroxylation is 2. The largest absolute Gasteiger partial charge is 0.328 e. The zero-order valence-corrected chi connectivity index (χ0v) is 20.2. The molecule has 36 heavy (non-hydrogen) atoms. The van der Waals surface area contributed by atoms with Gasteiger partial charge in [-0.05, 0) is 47.2 Å². The number of hydrogen-bond acceptors (Lipinski definition) is 2. The van der Waals surface area contributed by atoms with E-state index in [1.54, 1.807) is 0 Å². The van der Waals surface area contributed by atoms with Gasteiger partial charge in [0.2, 0.25) is 0 Å². The van der Waals surface area contributed by atoms with Crippen molar-refractivity contribution in [3.8, 4) is 22.8 Å². The Bertz CT molecular complexity index is 1830. The molecule has 0 saturated carbocycles. The SMILES string of the molecule is Cn1c2nc3ccccc3c-2cc2ccccc21.Cn1c2nc3ccccc3c-2cc2ccccc21. The molecule has 0 fully saturated rings. The lowest BCUT2D eigenvalue weighted by atomic mass is 10.1. The molecule has 4 nitrogen and oxygen atoms in total. The second-order valence-corrected chi connectivity index (χ2v) is 9.26. The Morgan fingerprint density at radius 3 is 1.33 bits per heavy atom. The van der Waals surface area contributed by atoms with Gasteiger partial charge in [0, 0.05) is 47.0 Å². The number of hydrogen-bond donors (Lipinski definition) is 0. The molecule has 0 saturated heterocycles. The van der Waals surface area contributed by atoms with Crippen molar-refractivity contribution in [2.45, 2.75) is 0 Å². The summed E-state index contributed by atoms with van der Waals surface area (Å²) in [4.78, 5) is 9.46. The number of fused-ring (bicyclic) bond motifs is 8. The van der Waals surface area contributed by atoms with Crippen molar-refractivity contribution >= 4 is 43.6 Å². The van der Waals surface area contributed by atoms with Crippen LogP contribution < -0.4 is 0 Å². The standard InChI is InChI=1S/2C16H12N2/c2*1-18-15-9-5-2-6-11(15)10-13-12-7-3-4-8-14(12)17-16(13)18/h2*2-10H,1H3. The number of benzene rings is 4. The molecule has 4 aliphatic rings. The molecular weight excluding hydrogens is 440 g/mol. The molecule has 8 rings (SSSR count). The van der Waals surface area contributed by atoms with Crippen molar-refractivity contribution in [3.63, 3.8) is 0 Å². The molecule has 4 heterocycles. The molecule has 4 aliphatic heterocycles. The molecule has 4 aromatic rings. The Morgan fingerprint density at radius 2 is 0.861 bits per heavy atom. The Labute approximate surface area is 208 Å². The highest BCUT2D eigenvalue weighted by Gasteiger charge is 2.16. The van der Waals surface area contributed by atoms with Crippen molar-refractivity contribution in [1.82, 2.24) is 19.1 Å². The quantitative estimate of drug-likeness (QED) is 0.231. The molecule has 0 aromatic heterocycles. The van der Waals surface area contributed by atoms with Gasteiger partial charge in [-0.2, -0.15) is 0 Å². The van der Waals surface area contributed by atoms with E-state index in [4.69, 9.17) is 9.97 Å². The second kappa shape index (κ2) is 7.92. The van der Waals surface area contributed by atoms with Crippen LogP contribution in [0.5, 0.6) is 0 Å². The van der Waals surface area contributed by atoms with Gasteiger partial charge in [0.15, 0.2) is 0 Å². The van der Waals surface area contributed by atoms with Crippen LogP contribution in [0.2, 0.25) is 0 Å². The highest BCUT2D eigenvalue weighted by Crippen LogP contribution is 2.35. The van der Waals surface area contributed by atoms with Crippen molar-refractivity contribution in [2.75, 3.05) is 0 Å². The molecular formula is C32H24N4. The molecule has 0 N–H and O–H groups in total. The summed E-state index contributed by atoms with van der Waals surface area (Å²) in [5.41, 5.74) is 7.02. The maximum atomic E-state index is 4.73. The minimum Gasteiger partial charge on any atom is -0.328 e. The van der Waals surface area contributed by atoms with Crippen LogP contribution >= 0.6 is 0 Å². The molecule has 4 heteroatoms. The molecule has 0 aliphatic carbocycles. The average Bonchev–Trinajstić information content (AvgIpc) is 3.49. The molecule has 0 spiro atoms. The van der Waals surface area contributed by atoms with Crippen molar-refractivity contribution < 1.29 is 0 Å². The van der Waals surface area contributed by atoms with E-state index >= 15 is 0 Å². The fourth-order valence-corrected chi connectivity index (χ4v) is 5.35. The van der Waals surface area contributed by atoms with Crippen molar-refractivity contribution in [3.05, 3.63) is 109 Å². The number of pyridine rings is 2. The van der Waals surface area contributed by atoms with Gasteiger partial charge in [-0.25, -0.2) is 9.97 Å². The Morgan fingerprint density at radius 1 is 0.472 bits per heavy atom. The Balaban J connectivity index is 0.000000122. The summed E-state index contributed by atoms with van der Waals surface area (Å²) in [5.74, 6) is 2.10. The smallest absolute Gasteiger partial charge is 0.141 e. The highest BCUT2D eigenvalue weighted by molar-refractivity contribution is 6.01. The monoisotopic (exact) mass is 464 g/mol. The Hall–Kier alpha value is -4.70. The predicted octanol–water partition coefficient (Wildman–Crippen LogP) is 7.66. The van der Waals surface area contributed by atoms with Crippen LogP contribution in [-0.4, -0.2) is 19.1 Å². The van der Waals surface area contributed by atoms with E-state index in [1.807, 2.05) is 12.1 Å². The summed E-state index contributed by atoms with van der Waals surface area (Å²) < 4.78 is 4.34. The van der Waals surface area contributed by atoms with E-state index in [0.29, 0.717) is 0 Å². The lowest BCUT2D eigenvalue weighted by Gasteiger charge is -2.10. The van der Waals surface area contributed by atoms with Gasteiger partial charge in [-0.1, -0.05) is 72.8 Å². The summed E-state index contributed by atoms with van der Waals surface area (Å²) in [6, 6.07) is 37.9.